The number of hydrogen-bond acceptors (Lipinski definition) is 3. The summed E-state index contributed by atoms with van der Waals surface area (Å²) in [6.07, 6.45) is -0.997. The number of carbonyl (C=O) groups is 1. The molecule has 1 N–H and O–H groups in total. The van der Waals surface area contributed by atoms with Crippen LogP contribution in [0.5, 0.6) is 0 Å². The van der Waals surface area contributed by atoms with Gasteiger partial charge in [0.1, 0.15) is 0 Å². The van der Waals surface area contributed by atoms with Gasteiger partial charge in [0.2, 0.25) is 0 Å². The largest absolute Gasteiger partial charge is 0.463 e. The van der Waals surface area contributed by atoms with E-state index in [-0.39, 0.29) is 0 Å². The van der Waals surface area contributed by atoms with Crippen LogP contribution in [0, 0.1) is 0 Å². The Balaban J connectivity index is 2.70. The molecule has 0 spiro atoms. The zero-order chi connectivity index (χ0) is 12.1. The minimum absolute atomic E-state index is 0.547. The lowest BCUT2D eigenvalue weighted by molar-refractivity contribution is -0.121. The van der Waals surface area contributed by atoms with Gasteiger partial charge in [-0.05, 0) is 5.56 Å². The smallest absolute Gasteiger partial charge is 0.437 e. The van der Waals surface area contributed by atoms with Crippen LogP contribution in [0.3, 0.4) is 0 Å². The summed E-state index contributed by atoms with van der Waals surface area (Å²) in [6, 6.07) is 9.73. The first-order chi connectivity index (χ1) is 7.52. The summed E-state index contributed by atoms with van der Waals surface area (Å²) in [7, 11) is 5.12. The van der Waals surface area contributed by atoms with Crippen molar-refractivity contribution >= 4 is 6.09 Å². The third-order valence-corrected chi connectivity index (χ3v) is 2.13. The fourth-order valence-electron chi connectivity index (χ4n) is 1.54. The topological polar surface area (TPSA) is 47.0 Å². The van der Waals surface area contributed by atoms with Gasteiger partial charge in [-0.3, -0.25) is 0 Å². The summed E-state index contributed by atoms with van der Waals surface area (Å²) in [6.45, 7) is 0.547. The van der Waals surface area contributed by atoms with Gasteiger partial charge in [0.15, 0.2) is 0 Å². The maximum Gasteiger partial charge on any atom is 0.437 e. The SMILES string of the molecule is CN(C)N(C(=O)O)N(C)Cc1ccccc1. The van der Waals surface area contributed by atoms with Crippen LogP contribution < -0.4 is 0 Å². The molecule has 88 valence electrons. The van der Waals surface area contributed by atoms with Crippen LogP contribution >= 0.6 is 0 Å². The summed E-state index contributed by atoms with van der Waals surface area (Å²) >= 11 is 0. The van der Waals surface area contributed by atoms with Crippen LogP contribution in [0.4, 0.5) is 4.79 Å². The van der Waals surface area contributed by atoms with Gasteiger partial charge in [0.05, 0.1) is 0 Å². The van der Waals surface area contributed by atoms with Crippen LogP contribution in [0.15, 0.2) is 30.3 Å². The third-order valence-electron chi connectivity index (χ3n) is 2.13. The Labute approximate surface area is 95.4 Å². The fourth-order valence-corrected chi connectivity index (χ4v) is 1.54. The molecule has 0 bridgehead atoms. The van der Waals surface area contributed by atoms with E-state index in [1.165, 1.54) is 5.01 Å². The molecule has 0 fully saturated rings. The van der Waals surface area contributed by atoms with Gasteiger partial charge in [-0.1, -0.05) is 30.3 Å². The highest BCUT2D eigenvalue weighted by Gasteiger charge is 2.19. The van der Waals surface area contributed by atoms with Gasteiger partial charge in [-0.15, -0.1) is 0 Å². The van der Waals surface area contributed by atoms with E-state index < -0.39 is 6.09 Å². The maximum atomic E-state index is 11.0. The van der Waals surface area contributed by atoms with Crippen molar-refractivity contribution in [2.24, 2.45) is 0 Å². The Bertz CT molecular complexity index is 340. The van der Waals surface area contributed by atoms with Crippen molar-refractivity contribution in [3.63, 3.8) is 0 Å². The van der Waals surface area contributed by atoms with Crippen molar-refractivity contribution in [3.05, 3.63) is 35.9 Å². The molecule has 1 amide bonds. The predicted octanol–water partition coefficient (Wildman–Crippen LogP) is 1.49. The Morgan fingerprint density at radius 3 is 2.19 bits per heavy atom. The number of amides is 1. The lowest BCUT2D eigenvalue weighted by Gasteiger charge is -2.33. The van der Waals surface area contributed by atoms with Crippen LogP contribution in [0.25, 0.3) is 0 Å². The van der Waals surface area contributed by atoms with Gasteiger partial charge in [-0.2, -0.15) is 10.1 Å². The minimum atomic E-state index is -0.997. The molecule has 5 heteroatoms. The van der Waals surface area contributed by atoms with E-state index in [4.69, 9.17) is 5.11 Å². The third kappa shape index (κ3) is 3.22. The van der Waals surface area contributed by atoms with E-state index in [0.717, 1.165) is 10.7 Å². The molecule has 16 heavy (non-hydrogen) atoms. The molecule has 1 aromatic carbocycles. The Hall–Kier alpha value is -1.59. The standard InChI is InChI=1S/C11H17N3O2/c1-12(2)14(11(15)16)13(3)9-10-7-5-4-6-8-10/h4-8H,9H2,1-3H3,(H,15,16). The molecule has 0 aromatic heterocycles. The molecule has 0 saturated heterocycles. The number of hydrogen-bond donors (Lipinski definition) is 1. The molecule has 0 heterocycles. The number of carboxylic acid groups (broad SMARTS) is 1. The van der Waals surface area contributed by atoms with Crippen molar-refractivity contribution in [3.8, 4) is 0 Å². The molecule has 0 radical (unpaired) electrons. The van der Waals surface area contributed by atoms with E-state index in [9.17, 15) is 4.79 Å². The maximum absolute atomic E-state index is 11.0. The lowest BCUT2D eigenvalue weighted by atomic mass is 10.2. The van der Waals surface area contributed by atoms with E-state index in [2.05, 4.69) is 0 Å². The number of rotatable bonds is 4. The second kappa shape index (κ2) is 5.48. The number of benzene rings is 1. The van der Waals surface area contributed by atoms with Crippen LogP contribution in [-0.4, -0.2) is 47.5 Å². The Kier molecular flexibility index (Phi) is 4.28. The highest BCUT2D eigenvalue weighted by atomic mass is 16.4. The van der Waals surface area contributed by atoms with Crippen molar-refractivity contribution in [2.75, 3.05) is 21.1 Å². The second-order valence-corrected chi connectivity index (χ2v) is 3.72. The summed E-state index contributed by atoms with van der Waals surface area (Å²) in [5.41, 5.74) is 1.07. The monoisotopic (exact) mass is 223 g/mol. The van der Waals surface area contributed by atoms with Crippen molar-refractivity contribution < 1.29 is 9.90 Å². The summed E-state index contributed by atoms with van der Waals surface area (Å²) < 4.78 is 0. The van der Waals surface area contributed by atoms with Crippen LogP contribution in [0.2, 0.25) is 0 Å². The van der Waals surface area contributed by atoms with E-state index in [1.807, 2.05) is 30.3 Å². The van der Waals surface area contributed by atoms with Crippen LogP contribution in [-0.2, 0) is 6.54 Å². The fraction of sp³-hybridized carbons (Fsp3) is 0.364. The van der Waals surface area contributed by atoms with Crippen molar-refractivity contribution in [1.29, 1.82) is 0 Å². The average molecular weight is 223 g/mol. The molecule has 0 aliphatic heterocycles. The first-order valence-electron chi connectivity index (χ1n) is 4.97. The Morgan fingerprint density at radius 2 is 1.75 bits per heavy atom. The molecule has 0 unspecified atom stereocenters. The van der Waals surface area contributed by atoms with E-state index in [0.29, 0.717) is 6.54 Å². The van der Waals surface area contributed by atoms with Gasteiger partial charge in [0, 0.05) is 27.7 Å². The molecule has 1 aromatic rings. The van der Waals surface area contributed by atoms with E-state index in [1.54, 1.807) is 26.2 Å². The summed E-state index contributed by atoms with van der Waals surface area (Å²) in [5, 5.41) is 13.4. The highest BCUT2D eigenvalue weighted by Crippen LogP contribution is 2.06. The first kappa shape index (κ1) is 12.5. The number of nitrogens with zero attached hydrogens (tertiary/aromatic N) is 3. The molecule has 0 saturated carbocycles. The predicted molar refractivity (Wildman–Crippen MR) is 61.5 cm³/mol. The van der Waals surface area contributed by atoms with Gasteiger partial charge >= 0.3 is 6.09 Å². The normalized spacial score (nSPS) is 10.8. The summed E-state index contributed by atoms with van der Waals surface area (Å²) in [4.78, 5) is 11.0. The lowest BCUT2D eigenvalue weighted by Crippen LogP contribution is -2.50. The highest BCUT2D eigenvalue weighted by molar-refractivity contribution is 5.63. The molecule has 0 atom stereocenters. The molecular formula is C11H17N3O2. The zero-order valence-corrected chi connectivity index (χ0v) is 9.79. The molecular weight excluding hydrogens is 206 g/mol. The first-order valence-corrected chi connectivity index (χ1v) is 4.97. The van der Waals surface area contributed by atoms with Crippen LogP contribution in [0.1, 0.15) is 5.56 Å². The van der Waals surface area contributed by atoms with Gasteiger partial charge in [0.25, 0.3) is 0 Å². The zero-order valence-electron chi connectivity index (χ0n) is 9.79. The Morgan fingerprint density at radius 1 is 1.19 bits per heavy atom. The molecule has 5 nitrogen and oxygen atoms in total. The van der Waals surface area contributed by atoms with Gasteiger partial charge in [-0.25, -0.2) is 9.80 Å². The van der Waals surface area contributed by atoms with Crippen molar-refractivity contribution in [1.82, 2.24) is 15.1 Å². The number of hydrazine groups is 2. The second-order valence-electron chi connectivity index (χ2n) is 3.72. The van der Waals surface area contributed by atoms with Gasteiger partial charge < -0.3 is 5.11 Å². The minimum Gasteiger partial charge on any atom is -0.463 e. The quantitative estimate of drug-likeness (QED) is 0.786. The average Bonchev–Trinajstić information content (AvgIpc) is 2.17. The summed E-state index contributed by atoms with van der Waals surface area (Å²) in [5.74, 6) is 0. The van der Waals surface area contributed by atoms with E-state index >= 15 is 0 Å². The molecule has 0 aliphatic carbocycles. The molecule has 1 rings (SSSR count). The molecule has 0 aliphatic rings. The van der Waals surface area contributed by atoms with Crippen molar-refractivity contribution in [2.45, 2.75) is 6.54 Å².